The van der Waals surface area contributed by atoms with E-state index in [9.17, 15) is 9.59 Å². The van der Waals surface area contributed by atoms with Crippen molar-refractivity contribution in [2.75, 3.05) is 18.5 Å². The van der Waals surface area contributed by atoms with Gasteiger partial charge in [-0.25, -0.2) is 0 Å². The van der Waals surface area contributed by atoms with Crippen LogP contribution in [0.2, 0.25) is 0 Å². The Kier molecular flexibility index (Phi) is 4.86. The second-order valence-corrected chi connectivity index (χ2v) is 4.50. The van der Waals surface area contributed by atoms with Crippen LogP contribution in [0.25, 0.3) is 0 Å². The van der Waals surface area contributed by atoms with Crippen LogP contribution in [0.15, 0.2) is 53.5 Å². The lowest BCUT2D eigenvalue weighted by Crippen LogP contribution is -2.28. The third kappa shape index (κ3) is 3.56. The van der Waals surface area contributed by atoms with Crippen molar-refractivity contribution in [3.05, 3.63) is 64.6 Å². The van der Waals surface area contributed by atoms with Crippen molar-refractivity contribution in [2.24, 2.45) is 0 Å². The summed E-state index contributed by atoms with van der Waals surface area (Å²) in [7, 11) is 0. The highest BCUT2D eigenvalue weighted by molar-refractivity contribution is 6.04. The molecule has 6 nitrogen and oxygen atoms in total. The molecule has 2 rings (SSSR count). The van der Waals surface area contributed by atoms with Crippen LogP contribution in [0, 0.1) is 0 Å². The highest BCUT2D eigenvalue weighted by atomic mass is 16.3. The normalized spacial score (nSPS) is 10.6. The summed E-state index contributed by atoms with van der Waals surface area (Å²) < 4.78 is 1.22. The minimum absolute atomic E-state index is 0.311. The smallest absolute Gasteiger partial charge is 0.255 e. The Morgan fingerprint density at radius 2 is 1.81 bits per heavy atom. The number of pyridine rings is 1. The number of rotatable bonds is 5. The fourth-order valence-corrected chi connectivity index (χ4v) is 1.90. The maximum absolute atomic E-state index is 12.0. The number of hydrogen-bond acceptors (Lipinski definition) is 4. The number of nitrogens with zero attached hydrogens (tertiary/aromatic N) is 1. The molecule has 0 aliphatic rings. The van der Waals surface area contributed by atoms with Crippen molar-refractivity contribution in [1.82, 2.24) is 4.57 Å². The van der Waals surface area contributed by atoms with Gasteiger partial charge in [0.1, 0.15) is 0 Å². The monoisotopic (exact) mass is 288 g/mol. The molecule has 0 unspecified atom stereocenters. The quantitative estimate of drug-likeness (QED) is 0.752. The van der Waals surface area contributed by atoms with Crippen LogP contribution < -0.4 is 10.9 Å². The average molecular weight is 288 g/mol. The van der Waals surface area contributed by atoms with Gasteiger partial charge in [-0.1, -0.05) is 18.2 Å². The van der Waals surface area contributed by atoms with Gasteiger partial charge in [0.15, 0.2) is 0 Å². The number of amides is 1. The molecule has 0 radical (unpaired) electrons. The van der Waals surface area contributed by atoms with Crippen LogP contribution in [0.3, 0.4) is 0 Å². The largest absolute Gasteiger partial charge is 0.394 e. The van der Waals surface area contributed by atoms with E-state index in [1.807, 2.05) is 6.07 Å². The molecule has 0 saturated heterocycles. The standard InChI is InChI=1S/C15H16N2O4/c18-9-13(10-19)17-7-6-12(8-14(17)20)16-15(21)11-4-2-1-3-5-11/h1-8,13,18-19H,9-10H2,(H,16,21). The second kappa shape index (κ2) is 6.83. The van der Waals surface area contributed by atoms with Crippen molar-refractivity contribution < 1.29 is 15.0 Å². The Hall–Kier alpha value is -2.44. The minimum Gasteiger partial charge on any atom is -0.394 e. The molecule has 0 atom stereocenters. The number of hydrogen-bond donors (Lipinski definition) is 3. The summed E-state index contributed by atoms with van der Waals surface area (Å²) in [5.74, 6) is -0.311. The Balaban J connectivity index is 2.18. The van der Waals surface area contributed by atoms with Crippen molar-refractivity contribution >= 4 is 11.6 Å². The molecule has 6 heteroatoms. The van der Waals surface area contributed by atoms with Crippen molar-refractivity contribution in [3.8, 4) is 0 Å². The lowest BCUT2D eigenvalue weighted by molar-refractivity contribution is 0.102. The summed E-state index contributed by atoms with van der Waals surface area (Å²) in [4.78, 5) is 23.9. The number of aliphatic hydroxyl groups excluding tert-OH is 2. The zero-order chi connectivity index (χ0) is 15.2. The molecule has 0 saturated carbocycles. The van der Waals surface area contributed by atoms with Crippen molar-refractivity contribution in [2.45, 2.75) is 6.04 Å². The number of benzene rings is 1. The lowest BCUT2D eigenvalue weighted by atomic mass is 10.2. The SMILES string of the molecule is O=C(Nc1ccn(C(CO)CO)c(=O)c1)c1ccccc1. The van der Waals surface area contributed by atoms with Crippen molar-refractivity contribution in [1.29, 1.82) is 0 Å². The zero-order valence-corrected chi connectivity index (χ0v) is 11.3. The number of aliphatic hydroxyl groups is 2. The summed E-state index contributed by atoms with van der Waals surface area (Å²) in [5.41, 5.74) is 0.443. The molecule has 0 spiro atoms. The molecular weight excluding hydrogens is 272 g/mol. The first kappa shape index (κ1) is 15.0. The van der Waals surface area contributed by atoms with Gasteiger partial charge >= 0.3 is 0 Å². The number of anilines is 1. The molecule has 0 aliphatic heterocycles. The average Bonchev–Trinajstić information content (AvgIpc) is 2.51. The zero-order valence-electron chi connectivity index (χ0n) is 11.3. The first-order chi connectivity index (χ1) is 10.2. The third-order valence-electron chi connectivity index (χ3n) is 3.06. The van der Waals surface area contributed by atoms with Gasteiger partial charge < -0.3 is 20.1 Å². The predicted octanol–water partition coefficient (Wildman–Crippen LogP) is 0.626. The molecule has 0 bridgehead atoms. The molecule has 110 valence electrons. The van der Waals surface area contributed by atoms with Gasteiger partial charge in [-0.05, 0) is 18.2 Å². The van der Waals surface area contributed by atoms with Gasteiger partial charge in [-0.15, -0.1) is 0 Å². The van der Waals surface area contributed by atoms with E-state index >= 15 is 0 Å². The maximum atomic E-state index is 12.0. The Labute approximate surface area is 121 Å². The molecule has 0 fully saturated rings. The van der Waals surface area contributed by atoms with Gasteiger partial charge in [0, 0.05) is 23.5 Å². The number of carbonyl (C=O) groups is 1. The van der Waals surface area contributed by atoms with Crippen LogP contribution in [0.1, 0.15) is 16.4 Å². The van der Waals surface area contributed by atoms with E-state index in [1.54, 1.807) is 30.3 Å². The van der Waals surface area contributed by atoms with Crippen molar-refractivity contribution in [3.63, 3.8) is 0 Å². The summed E-state index contributed by atoms with van der Waals surface area (Å²) in [6.45, 7) is -0.682. The number of aromatic nitrogens is 1. The molecule has 1 heterocycles. The van der Waals surface area contributed by atoms with Crippen LogP contribution >= 0.6 is 0 Å². The van der Waals surface area contributed by atoms with Crippen LogP contribution in [0.4, 0.5) is 5.69 Å². The summed E-state index contributed by atoms with van der Waals surface area (Å²) >= 11 is 0. The molecule has 2 aromatic rings. The Morgan fingerprint density at radius 1 is 1.14 bits per heavy atom. The van der Waals surface area contributed by atoms with E-state index in [2.05, 4.69) is 5.32 Å². The minimum atomic E-state index is -0.684. The predicted molar refractivity (Wildman–Crippen MR) is 78.3 cm³/mol. The number of nitrogens with one attached hydrogen (secondary N) is 1. The van der Waals surface area contributed by atoms with E-state index in [0.717, 1.165) is 0 Å². The topological polar surface area (TPSA) is 91.6 Å². The van der Waals surface area contributed by atoms with Crippen LogP contribution in [0.5, 0.6) is 0 Å². The molecule has 1 aromatic heterocycles. The van der Waals surface area contributed by atoms with E-state index < -0.39 is 11.6 Å². The van der Waals surface area contributed by atoms with E-state index in [-0.39, 0.29) is 19.1 Å². The van der Waals surface area contributed by atoms with E-state index in [4.69, 9.17) is 10.2 Å². The maximum Gasteiger partial charge on any atom is 0.255 e. The first-order valence-corrected chi connectivity index (χ1v) is 6.46. The summed E-state index contributed by atoms with van der Waals surface area (Å²) in [6, 6.07) is 10.8. The summed E-state index contributed by atoms with van der Waals surface area (Å²) in [5, 5.41) is 20.8. The first-order valence-electron chi connectivity index (χ1n) is 6.46. The molecule has 21 heavy (non-hydrogen) atoms. The van der Waals surface area contributed by atoms with Crippen LogP contribution in [-0.2, 0) is 0 Å². The molecule has 3 N–H and O–H groups in total. The van der Waals surface area contributed by atoms with Gasteiger partial charge in [0.05, 0.1) is 19.3 Å². The Bertz CT molecular complexity index is 663. The van der Waals surface area contributed by atoms with Gasteiger partial charge in [-0.2, -0.15) is 0 Å². The second-order valence-electron chi connectivity index (χ2n) is 4.50. The molecule has 1 amide bonds. The van der Waals surface area contributed by atoms with Gasteiger partial charge in [0.2, 0.25) is 0 Å². The Morgan fingerprint density at radius 3 is 2.38 bits per heavy atom. The van der Waals surface area contributed by atoms with Gasteiger partial charge in [0.25, 0.3) is 11.5 Å². The molecular formula is C15H16N2O4. The molecule has 0 aliphatic carbocycles. The fourth-order valence-electron chi connectivity index (χ4n) is 1.90. The van der Waals surface area contributed by atoms with Gasteiger partial charge in [-0.3, -0.25) is 9.59 Å². The highest BCUT2D eigenvalue weighted by Gasteiger charge is 2.11. The van der Waals surface area contributed by atoms with E-state index in [1.165, 1.54) is 16.8 Å². The van der Waals surface area contributed by atoms with E-state index in [0.29, 0.717) is 11.3 Å². The van der Waals surface area contributed by atoms with Crippen LogP contribution in [-0.4, -0.2) is 33.9 Å². The molecule has 1 aromatic carbocycles. The lowest BCUT2D eigenvalue weighted by Gasteiger charge is -2.15. The number of carbonyl (C=O) groups excluding carboxylic acids is 1. The fraction of sp³-hybridized carbons (Fsp3) is 0.200. The third-order valence-corrected chi connectivity index (χ3v) is 3.06. The highest BCUT2D eigenvalue weighted by Crippen LogP contribution is 2.09. The summed E-state index contributed by atoms with van der Waals surface area (Å²) in [6.07, 6.45) is 1.43.